The van der Waals surface area contributed by atoms with Gasteiger partial charge in [-0.3, -0.25) is 0 Å². The van der Waals surface area contributed by atoms with E-state index in [4.69, 9.17) is 9.47 Å². The molecule has 3 rings (SSSR count). The van der Waals surface area contributed by atoms with Gasteiger partial charge in [0.1, 0.15) is 17.5 Å². The van der Waals surface area contributed by atoms with Crippen LogP contribution in [0, 0.1) is 11.3 Å². The number of carbonyl (C=O) groups is 2. The van der Waals surface area contributed by atoms with Crippen LogP contribution in [0.5, 0.6) is 0 Å². The Labute approximate surface area is 169 Å². The molecule has 0 unspecified atom stereocenters. The Morgan fingerprint density at radius 2 is 1.90 bits per heavy atom. The van der Waals surface area contributed by atoms with Crippen molar-refractivity contribution >= 4 is 17.8 Å². The van der Waals surface area contributed by atoms with Crippen molar-refractivity contribution in [3.8, 4) is 17.3 Å². The summed E-state index contributed by atoms with van der Waals surface area (Å²) in [6.45, 7) is 3.75. The Bertz CT molecular complexity index is 1020. The minimum Gasteiger partial charge on any atom is -0.462 e. The van der Waals surface area contributed by atoms with Gasteiger partial charge in [0.2, 0.25) is 0 Å². The Morgan fingerprint density at radius 3 is 2.62 bits per heavy atom. The van der Waals surface area contributed by atoms with Crippen LogP contribution in [0.4, 0.5) is 5.82 Å². The molecule has 7 nitrogen and oxygen atoms in total. The number of ether oxygens (including phenoxy) is 2. The van der Waals surface area contributed by atoms with Gasteiger partial charge in [0.05, 0.1) is 18.9 Å². The topological polar surface area (TPSA) is 101 Å². The summed E-state index contributed by atoms with van der Waals surface area (Å²) in [5.41, 5.74) is 3.94. The first-order valence-electron chi connectivity index (χ1n) is 9.42. The molecule has 0 saturated carbocycles. The van der Waals surface area contributed by atoms with Gasteiger partial charge >= 0.3 is 11.9 Å². The first-order valence-corrected chi connectivity index (χ1v) is 9.42. The molecule has 1 aromatic carbocycles. The van der Waals surface area contributed by atoms with E-state index in [1.165, 1.54) is 11.8 Å². The van der Waals surface area contributed by atoms with Gasteiger partial charge in [-0.05, 0) is 43.9 Å². The third-order valence-electron chi connectivity index (χ3n) is 4.50. The third kappa shape index (κ3) is 4.27. The lowest BCUT2D eigenvalue weighted by molar-refractivity contribution is -0.138. The molecule has 0 radical (unpaired) electrons. The van der Waals surface area contributed by atoms with Gasteiger partial charge in [0.15, 0.2) is 5.57 Å². The molecule has 0 amide bonds. The molecule has 1 aliphatic rings. The van der Waals surface area contributed by atoms with Crippen LogP contribution in [0.25, 0.3) is 11.3 Å². The number of hydrogen-bond donors (Lipinski definition) is 1. The first-order chi connectivity index (χ1) is 14.1. The zero-order valence-electron chi connectivity index (χ0n) is 16.3. The maximum absolute atomic E-state index is 12.5. The van der Waals surface area contributed by atoms with E-state index in [2.05, 4.69) is 16.4 Å². The number of esters is 2. The summed E-state index contributed by atoms with van der Waals surface area (Å²) in [6.07, 6.45) is 2.82. The van der Waals surface area contributed by atoms with Crippen molar-refractivity contribution in [1.82, 2.24) is 4.98 Å². The summed E-state index contributed by atoms with van der Waals surface area (Å²) in [5, 5.41) is 12.0. The quantitative estimate of drug-likeness (QED) is 0.457. The van der Waals surface area contributed by atoms with E-state index >= 15 is 0 Å². The number of aryl methyl sites for hydroxylation is 2. The van der Waals surface area contributed by atoms with Crippen LogP contribution in [0.15, 0.2) is 42.1 Å². The lowest BCUT2D eigenvalue weighted by atomic mass is 9.88. The van der Waals surface area contributed by atoms with Gasteiger partial charge in [-0.25, -0.2) is 14.6 Å². The summed E-state index contributed by atoms with van der Waals surface area (Å²) in [5.74, 6) is -1.05. The fraction of sp³-hybridized carbons (Fsp3) is 0.273. The largest absolute Gasteiger partial charge is 0.462 e. The second-order valence-corrected chi connectivity index (χ2v) is 6.30. The predicted octanol–water partition coefficient (Wildman–Crippen LogP) is 3.41. The number of hydrogen-bond acceptors (Lipinski definition) is 7. The molecule has 0 atom stereocenters. The van der Waals surface area contributed by atoms with E-state index in [1.807, 2.05) is 18.2 Å². The van der Waals surface area contributed by atoms with Crippen LogP contribution in [-0.4, -0.2) is 30.1 Å². The lowest BCUT2D eigenvalue weighted by Crippen LogP contribution is -2.15. The van der Waals surface area contributed by atoms with E-state index in [-0.39, 0.29) is 30.2 Å². The Kier molecular flexibility index (Phi) is 6.25. The number of fused-ring (bicyclic) bond motifs is 3. The van der Waals surface area contributed by atoms with Crippen molar-refractivity contribution in [2.24, 2.45) is 0 Å². The van der Waals surface area contributed by atoms with Gasteiger partial charge in [0, 0.05) is 11.8 Å². The fourth-order valence-electron chi connectivity index (χ4n) is 3.18. The highest BCUT2D eigenvalue weighted by molar-refractivity contribution is 5.97. The van der Waals surface area contributed by atoms with Crippen LogP contribution in [0.2, 0.25) is 0 Å². The molecule has 0 bridgehead atoms. The maximum atomic E-state index is 12.5. The molecule has 0 saturated heterocycles. The highest BCUT2D eigenvalue weighted by Crippen LogP contribution is 2.34. The number of nitrogens with zero attached hydrogens (tertiary/aromatic N) is 2. The normalized spacial score (nSPS) is 12.2. The highest BCUT2D eigenvalue weighted by Gasteiger charge is 2.23. The number of carbonyl (C=O) groups excluding carboxylic acids is 2. The molecule has 1 heterocycles. The molecule has 7 heteroatoms. The summed E-state index contributed by atoms with van der Waals surface area (Å²) in [7, 11) is 0. The number of anilines is 1. The molecule has 2 aromatic rings. The standard InChI is InChI=1S/C22H21N3O4/c1-3-28-21(26)16(12-23)13-24-20-18(22(27)29-4-2)11-15-10-9-14-7-5-6-8-17(14)19(15)25-20/h5-8,11,13H,3-4,9-10H2,1-2H3,(H,24,25). The van der Waals surface area contributed by atoms with Gasteiger partial charge in [0.25, 0.3) is 0 Å². The third-order valence-corrected chi connectivity index (χ3v) is 4.50. The second kappa shape index (κ2) is 9.02. The average molecular weight is 391 g/mol. The van der Waals surface area contributed by atoms with Crippen molar-refractivity contribution in [2.45, 2.75) is 26.7 Å². The molecule has 148 valence electrons. The highest BCUT2D eigenvalue weighted by atomic mass is 16.5. The van der Waals surface area contributed by atoms with Gasteiger partial charge in [-0.2, -0.15) is 5.26 Å². The Hall–Kier alpha value is -3.66. The summed E-state index contributed by atoms with van der Waals surface area (Å²) in [6, 6.07) is 11.5. The Balaban J connectivity index is 2.06. The van der Waals surface area contributed by atoms with Crippen molar-refractivity contribution in [1.29, 1.82) is 5.26 Å². The van der Waals surface area contributed by atoms with Crippen molar-refractivity contribution in [3.63, 3.8) is 0 Å². The molecule has 1 aromatic heterocycles. The van der Waals surface area contributed by atoms with Crippen LogP contribution in [0.1, 0.15) is 35.3 Å². The molecule has 0 fully saturated rings. The lowest BCUT2D eigenvalue weighted by Gasteiger charge is -2.21. The molecule has 1 N–H and O–H groups in total. The average Bonchev–Trinajstić information content (AvgIpc) is 2.74. The van der Waals surface area contributed by atoms with Crippen LogP contribution < -0.4 is 5.32 Å². The molecule has 29 heavy (non-hydrogen) atoms. The van der Waals surface area contributed by atoms with Gasteiger partial charge in [-0.15, -0.1) is 0 Å². The Morgan fingerprint density at radius 1 is 1.17 bits per heavy atom. The van der Waals surface area contributed by atoms with E-state index in [1.54, 1.807) is 26.0 Å². The van der Waals surface area contributed by atoms with Crippen LogP contribution in [0.3, 0.4) is 0 Å². The number of nitriles is 1. The van der Waals surface area contributed by atoms with Crippen molar-refractivity contribution in [2.75, 3.05) is 18.5 Å². The van der Waals surface area contributed by atoms with Crippen LogP contribution in [-0.2, 0) is 27.1 Å². The maximum Gasteiger partial charge on any atom is 0.350 e. The molecule has 0 spiro atoms. The fourth-order valence-corrected chi connectivity index (χ4v) is 3.18. The zero-order valence-corrected chi connectivity index (χ0v) is 16.3. The predicted molar refractivity (Wildman–Crippen MR) is 107 cm³/mol. The minimum absolute atomic E-state index is 0.153. The van der Waals surface area contributed by atoms with E-state index < -0.39 is 11.9 Å². The van der Waals surface area contributed by atoms with E-state index in [0.717, 1.165) is 29.7 Å². The smallest absolute Gasteiger partial charge is 0.350 e. The molecular weight excluding hydrogens is 370 g/mol. The minimum atomic E-state index is -0.747. The SMILES string of the molecule is CCOC(=O)C(C#N)=CNc1nc2c(cc1C(=O)OCC)CCc1ccccc1-2. The van der Waals surface area contributed by atoms with Crippen molar-refractivity contribution < 1.29 is 19.1 Å². The zero-order chi connectivity index (χ0) is 20.8. The monoisotopic (exact) mass is 391 g/mol. The molecular formula is C22H21N3O4. The van der Waals surface area contributed by atoms with Crippen LogP contribution >= 0.6 is 0 Å². The number of aromatic nitrogens is 1. The number of pyridine rings is 1. The summed E-state index contributed by atoms with van der Waals surface area (Å²) >= 11 is 0. The van der Waals surface area contributed by atoms with E-state index in [9.17, 15) is 14.9 Å². The van der Waals surface area contributed by atoms with Gasteiger partial charge in [-0.1, -0.05) is 24.3 Å². The molecule has 1 aliphatic carbocycles. The van der Waals surface area contributed by atoms with E-state index in [0.29, 0.717) is 0 Å². The molecule has 0 aliphatic heterocycles. The van der Waals surface area contributed by atoms with Gasteiger partial charge < -0.3 is 14.8 Å². The number of benzene rings is 1. The second-order valence-electron chi connectivity index (χ2n) is 6.30. The van der Waals surface area contributed by atoms with Crippen molar-refractivity contribution in [3.05, 3.63) is 58.8 Å². The number of rotatable bonds is 6. The number of nitrogens with one attached hydrogen (secondary N) is 1. The first kappa shape index (κ1) is 20.1. The summed E-state index contributed by atoms with van der Waals surface area (Å²) in [4.78, 5) is 29.0. The summed E-state index contributed by atoms with van der Waals surface area (Å²) < 4.78 is 10.0.